The van der Waals surface area contributed by atoms with Gasteiger partial charge >= 0.3 is 0 Å². The highest BCUT2D eigenvalue weighted by Gasteiger charge is 2.20. The minimum absolute atomic E-state index is 0.0265. The van der Waals surface area contributed by atoms with Crippen LogP contribution in [0.5, 0.6) is 0 Å². The first kappa shape index (κ1) is 15.3. The number of aliphatic hydroxyl groups is 1. The lowest BCUT2D eigenvalue weighted by atomic mass is 10.1. The molecule has 0 unspecified atom stereocenters. The van der Waals surface area contributed by atoms with E-state index in [2.05, 4.69) is 0 Å². The van der Waals surface area contributed by atoms with Crippen molar-refractivity contribution in [1.82, 2.24) is 4.90 Å². The zero-order chi connectivity index (χ0) is 13.7. The minimum Gasteiger partial charge on any atom is -0.395 e. The van der Waals surface area contributed by atoms with Crippen molar-refractivity contribution >= 4 is 29.3 Å². The number of nitrogens with zero attached hydrogens (tertiary/aromatic N) is 1. The lowest BCUT2D eigenvalue weighted by molar-refractivity contribution is 0.0665. The van der Waals surface area contributed by atoms with E-state index in [4.69, 9.17) is 16.7 Å². The van der Waals surface area contributed by atoms with Crippen LogP contribution in [0.2, 0.25) is 5.02 Å². The van der Waals surface area contributed by atoms with E-state index in [9.17, 15) is 4.79 Å². The van der Waals surface area contributed by atoms with Gasteiger partial charge in [-0.2, -0.15) is 0 Å². The van der Waals surface area contributed by atoms with Crippen LogP contribution >= 0.6 is 23.4 Å². The van der Waals surface area contributed by atoms with Crippen molar-refractivity contribution in [2.75, 3.05) is 19.4 Å². The summed E-state index contributed by atoms with van der Waals surface area (Å²) >= 11 is 7.64. The highest BCUT2D eigenvalue weighted by atomic mass is 35.5. The molecule has 1 amide bonds. The molecule has 0 heterocycles. The van der Waals surface area contributed by atoms with Crippen molar-refractivity contribution in [2.45, 2.75) is 24.8 Å². The largest absolute Gasteiger partial charge is 0.395 e. The van der Waals surface area contributed by atoms with Gasteiger partial charge in [-0.1, -0.05) is 11.6 Å². The summed E-state index contributed by atoms with van der Waals surface area (Å²) in [6, 6.07) is 5.44. The Bertz CT molecular complexity index is 423. The molecule has 1 aromatic carbocycles. The predicted molar refractivity (Wildman–Crippen MR) is 76.5 cm³/mol. The molecule has 0 atom stereocenters. The second kappa shape index (κ2) is 7.02. The molecule has 3 nitrogen and oxygen atoms in total. The zero-order valence-corrected chi connectivity index (χ0v) is 12.4. The number of aliphatic hydroxyl groups excluding tert-OH is 1. The van der Waals surface area contributed by atoms with Crippen LogP contribution in [0.15, 0.2) is 23.1 Å². The Morgan fingerprint density at radius 3 is 2.67 bits per heavy atom. The SMILES string of the molecule is CSc1ccc(Cl)c(C(=O)N(CCO)C(C)C)c1. The van der Waals surface area contributed by atoms with Gasteiger partial charge in [0.2, 0.25) is 0 Å². The number of benzene rings is 1. The predicted octanol–water partition coefficient (Wildman–Crippen LogP) is 2.90. The van der Waals surface area contributed by atoms with Gasteiger partial charge in [-0.05, 0) is 38.3 Å². The van der Waals surface area contributed by atoms with Gasteiger partial charge in [0.15, 0.2) is 0 Å². The molecular formula is C13H18ClNO2S. The number of carbonyl (C=O) groups is 1. The molecule has 1 rings (SSSR count). The lowest BCUT2D eigenvalue weighted by Crippen LogP contribution is -2.39. The Morgan fingerprint density at radius 1 is 1.50 bits per heavy atom. The first-order valence-corrected chi connectivity index (χ1v) is 7.37. The summed E-state index contributed by atoms with van der Waals surface area (Å²) in [4.78, 5) is 15.0. The molecule has 0 aromatic heterocycles. The van der Waals surface area contributed by atoms with Gasteiger partial charge in [0.25, 0.3) is 5.91 Å². The van der Waals surface area contributed by atoms with Crippen LogP contribution in [0.3, 0.4) is 0 Å². The van der Waals surface area contributed by atoms with Crippen molar-refractivity contribution in [3.05, 3.63) is 28.8 Å². The molecule has 5 heteroatoms. The summed E-state index contributed by atoms with van der Waals surface area (Å²) in [7, 11) is 0. The van der Waals surface area contributed by atoms with E-state index in [-0.39, 0.29) is 18.6 Å². The van der Waals surface area contributed by atoms with Gasteiger partial charge in [-0.3, -0.25) is 4.79 Å². The zero-order valence-electron chi connectivity index (χ0n) is 10.8. The highest BCUT2D eigenvalue weighted by Crippen LogP contribution is 2.24. The van der Waals surface area contributed by atoms with Crippen molar-refractivity contribution in [3.63, 3.8) is 0 Å². The molecule has 0 radical (unpaired) electrons. The summed E-state index contributed by atoms with van der Waals surface area (Å²) in [5, 5.41) is 9.47. The van der Waals surface area contributed by atoms with E-state index >= 15 is 0 Å². The van der Waals surface area contributed by atoms with Gasteiger partial charge in [0.1, 0.15) is 0 Å². The standard InChI is InChI=1S/C13H18ClNO2S/c1-9(2)15(6-7-16)13(17)11-8-10(18-3)4-5-12(11)14/h4-5,8-9,16H,6-7H2,1-3H3. The first-order chi connectivity index (χ1) is 8.51. The Hall–Kier alpha value is -0.710. The molecule has 0 aliphatic rings. The van der Waals surface area contributed by atoms with Crippen LogP contribution in [0, 0.1) is 0 Å². The summed E-state index contributed by atoms with van der Waals surface area (Å²) in [6.45, 7) is 4.10. The average molecular weight is 288 g/mol. The minimum atomic E-state index is -0.139. The molecule has 18 heavy (non-hydrogen) atoms. The number of amides is 1. The van der Waals surface area contributed by atoms with Crippen LogP contribution < -0.4 is 0 Å². The van der Waals surface area contributed by atoms with Crippen molar-refractivity contribution in [2.24, 2.45) is 0 Å². The van der Waals surface area contributed by atoms with Crippen LogP contribution in [0.25, 0.3) is 0 Å². The van der Waals surface area contributed by atoms with Gasteiger partial charge in [-0.15, -0.1) is 11.8 Å². The number of hydrogen-bond donors (Lipinski definition) is 1. The van der Waals surface area contributed by atoms with E-state index in [1.165, 1.54) is 0 Å². The molecule has 1 N–H and O–H groups in total. The second-order valence-electron chi connectivity index (χ2n) is 4.16. The summed E-state index contributed by atoms with van der Waals surface area (Å²) in [6.07, 6.45) is 1.95. The number of thioether (sulfide) groups is 1. The van der Waals surface area contributed by atoms with Crippen molar-refractivity contribution < 1.29 is 9.90 Å². The number of hydrogen-bond acceptors (Lipinski definition) is 3. The Labute approximate surface area is 117 Å². The number of carbonyl (C=O) groups excluding carboxylic acids is 1. The van der Waals surface area contributed by atoms with Gasteiger partial charge < -0.3 is 10.0 Å². The quantitative estimate of drug-likeness (QED) is 0.847. The van der Waals surface area contributed by atoms with E-state index in [0.717, 1.165) is 4.90 Å². The fourth-order valence-electron chi connectivity index (χ4n) is 1.65. The lowest BCUT2D eigenvalue weighted by Gasteiger charge is -2.26. The maximum absolute atomic E-state index is 12.4. The third kappa shape index (κ3) is 3.64. The molecule has 0 saturated heterocycles. The fourth-order valence-corrected chi connectivity index (χ4v) is 2.29. The monoisotopic (exact) mass is 287 g/mol. The average Bonchev–Trinajstić information content (AvgIpc) is 2.35. The molecule has 0 fully saturated rings. The molecule has 100 valence electrons. The molecular weight excluding hydrogens is 270 g/mol. The van der Waals surface area contributed by atoms with Crippen LogP contribution in [-0.4, -0.2) is 41.4 Å². The van der Waals surface area contributed by atoms with E-state index < -0.39 is 0 Å². The number of halogens is 1. The second-order valence-corrected chi connectivity index (χ2v) is 5.45. The third-order valence-corrected chi connectivity index (χ3v) is 3.68. The fraction of sp³-hybridized carbons (Fsp3) is 0.462. The smallest absolute Gasteiger partial charge is 0.255 e. The van der Waals surface area contributed by atoms with Crippen LogP contribution in [-0.2, 0) is 0 Å². The summed E-state index contributed by atoms with van der Waals surface area (Å²) < 4.78 is 0. The van der Waals surface area contributed by atoms with Gasteiger partial charge in [-0.25, -0.2) is 0 Å². The third-order valence-electron chi connectivity index (χ3n) is 2.63. The molecule has 0 bridgehead atoms. The molecule has 0 saturated carbocycles. The molecule has 0 aliphatic heterocycles. The Balaban J connectivity index is 3.07. The maximum atomic E-state index is 12.4. The van der Waals surface area contributed by atoms with Gasteiger partial charge in [0.05, 0.1) is 17.2 Å². The molecule has 1 aromatic rings. The summed E-state index contributed by atoms with van der Waals surface area (Å²) in [5.74, 6) is -0.139. The number of rotatable bonds is 5. The summed E-state index contributed by atoms with van der Waals surface area (Å²) in [5.41, 5.74) is 0.491. The first-order valence-electron chi connectivity index (χ1n) is 5.76. The van der Waals surface area contributed by atoms with E-state index in [0.29, 0.717) is 17.1 Å². The maximum Gasteiger partial charge on any atom is 0.255 e. The molecule has 0 spiro atoms. The van der Waals surface area contributed by atoms with E-state index in [1.807, 2.05) is 26.2 Å². The van der Waals surface area contributed by atoms with Crippen LogP contribution in [0.1, 0.15) is 24.2 Å². The van der Waals surface area contributed by atoms with Crippen molar-refractivity contribution in [3.8, 4) is 0 Å². The molecule has 0 aliphatic carbocycles. The highest BCUT2D eigenvalue weighted by molar-refractivity contribution is 7.98. The Kier molecular flexibility index (Phi) is 5.99. The van der Waals surface area contributed by atoms with Gasteiger partial charge in [0, 0.05) is 17.5 Å². The normalized spacial score (nSPS) is 10.8. The van der Waals surface area contributed by atoms with Crippen molar-refractivity contribution in [1.29, 1.82) is 0 Å². The topological polar surface area (TPSA) is 40.5 Å². The Morgan fingerprint density at radius 2 is 2.17 bits per heavy atom. The van der Waals surface area contributed by atoms with E-state index in [1.54, 1.807) is 28.8 Å². The van der Waals surface area contributed by atoms with Crippen LogP contribution in [0.4, 0.5) is 0 Å².